The molecule has 0 N–H and O–H groups in total. The topological polar surface area (TPSA) is 47.0 Å². The summed E-state index contributed by atoms with van der Waals surface area (Å²) in [6.07, 6.45) is -50.9. The predicted molar refractivity (Wildman–Crippen MR) is 209 cm³/mol. The third kappa shape index (κ3) is 13.4. The maximum atomic E-state index is 14.2. The summed E-state index contributed by atoms with van der Waals surface area (Å²) in [4.78, 5) is 10.2. The smallest absolute Gasteiger partial charge is 0.258 e. The van der Waals surface area contributed by atoms with Crippen LogP contribution in [0.1, 0.15) is 50.1 Å². The third-order valence-electron chi connectivity index (χ3n) is 10.7. The molecule has 0 aliphatic rings. The number of pyridine rings is 1. The van der Waals surface area contributed by atoms with Gasteiger partial charge in [-0.3, -0.25) is 10.1 Å². The van der Waals surface area contributed by atoms with Crippen LogP contribution in [-0.4, -0.2) is 11.1 Å². The Bertz CT molecular complexity index is 2530. The zero-order chi connectivity index (χ0) is 55.3. The second-order valence-corrected chi connectivity index (χ2v) is 15.7. The van der Waals surface area contributed by atoms with Crippen LogP contribution in [0.2, 0.25) is 0 Å². The number of alkyl halides is 24. The highest BCUT2D eigenvalue weighted by Crippen LogP contribution is 2.41. The number of hydrogen-bond acceptors (Lipinski definition) is 2. The minimum atomic E-state index is -6.13. The van der Waals surface area contributed by atoms with Crippen LogP contribution in [-0.2, 0) is 56.0 Å². The highest BCUT2D eigenvalue weighted by Gasteiger charge is 2.47. The molecule has 0 bridgehead atoms. The minimum absolute atomic E-state index is 0.133. The quantitative estimate of drug-likeness (QED) is 0.0526. The van der Waals surface area contributed by atoms with Gasteiger partial charge in [0.1, 0.15) is 6.15 Å². The molecule has 0 amide bonds. The normalized spacial score (nSPS) is 13.4. The van der Waals surface area contributed by atoms with Crippen LogP contribution in [0, 0.1) is 10.1 Å². The lowest BCUT2D eigenvalue weighted by Gasteiger charge is -2.46. The molecule has 0 fully saturated rings. The first kappa shape index (κ1) is 56.9. The lowest BCUT2D eigenvalue weighted by molar-refractivity contribution is -0.688. The number of rotatable bonds is 7. The fraction of sp³-hybridized carbons (Fsp3) is 0.205. The summed E-state index contributed by atoms with van der Waals surface area (Å²) in [6, 6.07) is 3.66. The van der Waals surface area contributed by atoms with Crippen molar-refractivity contribution in [3.8, 4) is 0 Å². The molecule has 29 heteroatoms. The zero-order valence-corrected chi connectivity index (χ0v) is 35.2. The van der Waals surface area contributed by atoms with Crippen LogP contribution in [0.3, 0.4) is 0 Å². The van der Waals surface area contributed by atoms with Crippen LogP contribution in [0.5, 0.6) is 0 Å². The highest BCUT2D eigenvalue weighted by molar-refractivity contribution is 7.20. The van der Waals surface area contributed by atoms with Gasteiger partial charge in [-0.1, -0.05) is 66.7 Å². The van der Waals surface area contributed by atoms with Gasteiger partial charge in [-0.05, 0) is 24.3 Å². The monoisotopic (exact) mass is 1080 g/mol. The molecular formula is C44H23BF24N2O2. The molecular weight excluding hydrogens is 1060 g/mol. The Hall–Kier alpha value is -6.97. The Morgan fingerprint density at radius 1 is 0.356 bits per heavy atom. The molecule has 6 rings (SSSR count). The van der Waals surface area contributed by atoms with Crippen LogP contribution in [0.15, 0.2) is 128 Å². The van der Waals surface area contributed by atoms with Gasteiger partial charge < -0.3 is 0 Å². The fourth-order valence-electron chi connectivity index (χ4n) is 7.59. The summed E-state index contributed by atoms with van der Waals surface area (Å²) in [7, 11) is 0. The molecule has 73 heavy (non-hydrogen) atoms. The number of non-ortho nitro benzene ring substituents is 1. The van der Waals surface area contributed by atoms with Crippen molar-refractivity contribution in [1.82, 2.24) is 0 Å². The Kier molecular flexibility index (Phi) is 15.2. The van der Waals surface area contributed by atoms with Gasteiger partial charge in [0.05, 0.1) is 49.4 Å². The van der Waals surface area contributed by atoms with Crippen LogP contribution < -0.4 is 26.4 Å². The molecule has 0 radical (unpaired) electrons. The third-order valence-corrected chi connectivity index (χ3v) is 10.7. The largest absolute Gasteiger partial charge is 0.416 e. The molecule has 5 aromatic carbocycles. The van der Waals surface area contributed by atoms with Gasteiger partial charge in [0.15, 0.2) is 18.9 Å². The summed E-state index contributed by atoms with van der Waals surface area (Å²) in [6.45, 7) is 0.641. The number of nitrogens with zero attached hydrogens (tertiary/aromatic N) is 2. The van der Waals surface area contributed by atoms with E-state index in [1.54, 1.807) is 12.1 Å². The van der Waals surface area contributed by atoms with Crippen LogP contribution >= 0.6 is 0 Å². The van der Waals surface area contributed by atoms with E-state index in [1.165, 1.54) is 6.07 Å². The van der Waals surface area contributed by atoms with Crippen molar-refractivity contribution in [2.75, 3.05) is 0 Å². The number of halogens is 24. The van der Waals surface area contributed by atoms with E-state index in [-0.39, 0.29) is 10.6 Å². The van der Waals surface area contributed by atoms with Gasteiger partial charge in [0, 0.05) is 29.8 Å². The number of nitro groups is 1. The zero-order valence-electron chi connectivity index (χ0n) is 35.2. The Balaban J connectivity index is 0.000000520. The second kappa shape index (κ2) is 19.5. The molecule has 0 aliphatic heterocycles. The van der Waals surface area contributed by atoms with E-state index in [2.05, 4.69) is 0 Å². The lowest BCUT2D eigenvalue weighted by Crippen LogP contribution is -2.75. The molecule has 0 saturated carbocycles. The standard InChI is InChI=1S/C32H12BF24.C12H11N2O2/c34-25(35,36)13-1-14(26(37,38)39)6-21(5-13)33(22-7-15(27(40,41)42)2-16(8-22)28(43,44)45,23-9-17(29(46,47)48)3-18(10-23)30(49,50)51)24-11-19(31(52,53)54)4-20(12-24)32(55,56)57;15-14(16)12-6-4-5-11(9-12)10-13-7-2-1-3-8-13/h1-12H;1-9H,10H2/q-1;+1. The van der Waals surface area contributed by atoms with Crippen molar-refractivity contribution < 1.29 is 115 Å². The second-order valence-electron chi connectivity index (χ2n) is 15.7. The van der Waals surface area contributed by atoms with Gasteiger partial charge >= 0.3 is 49.4 Å². The van der Waals surface area contributed by atoms with Gasteiger partial charge in [-0.25, -0.2) is 4.57 Å². The molecule has 0 aliphatic carbocycles. The molecule has 0 saturated heterocycles. The van der Waals surface area contributed by atoms with E-state index in [0.717, 1.165) is 5.56 Å². The van der Waals surface area contributed by atoms with Crippen LogP contribution in [0.4, 0.5) is 111 Å². The Morgan fingerprint density at radius 2 is 0.603 bits per heavy atom. The molecule has 1 aromatic heterocycles. The van der Waals surface area contributed by atoms with Crippen LogP contribution in [0.25, 0.3) is 0 Å². The summed E-state index contributed by atoms with van der Waals surface area (Å²) in [5.41, 5.74) is -29.1. The summed E-state index contributed by atoms with van der Waals surface area (Å²) in [5.74, 6) is 0. The maximum absolute atomic E-state index is 14.2. The molecule has 6 aromatic rings. The van der Waals surface area contributed by atoms with Crippen molar-refractivity contribution in [1.29, 1.82) is 0 Å². The van der Waals surface area contributed by atoms with E-state index in [1.807, 2.05) is 41.2 Å². The van der Waals surface area contributed by atoms with E-state index < -0.39 is 195 Å². The first-order valence-corrected chi connectivity index (χ1v) is 19.5. The minimum Gasteiger partial charge on any atom is -0.258 e. The molecule has 1 heterocycles. The highest BCUT2D eigenvalue weighted by atomic mass is 19.4. The van der Waals surface area contributed by atoms with Crippen molar-refractivity contribution in [3.63, 3.8) is 0 Å². The van der Waals surface area contributed by atoms with Crippen molar-refractivity contribution >= 4 is 33.7 Å². The van der Waals surface area contributed by atoms with E-state index in [4.69, 9.17) is 0 Å². The van der Waals surface area contributed by atoms with Gasteiger partial charge in [-0.2, -0.15) is 127 Å². The summed E-state index contributed by atoms with van der Waals surface area (Å²) < 4.78 is 343. The first-order chi connectivity index (χ1) is 33.0. The molecule has 4 nitrogen and oxygen atoms in total. The van der Waals surface area contributed by atoms with E-state index in [9.17, 15) is 115 Å². The summed E-state index contributed by atoms with van der Waals surface area (Å²) >= 11 is 0. The number of nitro benzene ring substituents is 1. The van der Waals surface area contributed by atoms with E-state index >= 15 is 0 Å². The van der Waals surface area contributed by atoms with Crippen molar-refractivity contribution in [2.45, 2.75) is 56.0 Å². The Labute approximate surface area is 392 Å². The maximum Gasteiger partial charge on any atom is 0.416 e. The summed E-state index contributed by atoms with van der Waals surface area (Å²) in [5, 5.41) is 10.6. The fourth-order valence-corrected chi connectivity index (χ4v) is 7.59. The average Bonchev–Trinajstić information content (AvgIpc) is 3.24. The predicted octanol–water partition coefficient (Wildman–Crippen LogP) is 13.1. The SMILES string of the molecule is FC(F)(F)c1cc([B-](c2cc(C(F)(F)F)cc(C(F)(F)F)c2)(c2cc(C(F)(F)F)cc(C(F)(F)F)c2)c2cc(C(F)(F)F)cc(C(F)(F)F)c2)cc(C(F)(F)F)c1.O=[N+]([O-])c1cccc(C[n+]2ccccc2)c1. The number of benzene rings is 5. The van der Waals surface area contributed by atoms with Gasteiger partial charge in [0.2, 0.25) is 0 Å². The van der Waals surface area contributed by atoms with Crippen molar-refractivity contribution in [3.05, 3.63) is 188 Å². The first-order valence-electron chi connectivity index (χ1n) is 19.5. The molecule has 392 valence electrons. The van der Waals surface area contributed by atoms with Gasteiger partial charge in [0.25, 0.3) is 5.69 Å². The van der Waals surface area contributed by atoms with E-state index in [0.29, 0.717) is 6.54 Å². The number of aromatic nitrogens is 1. The van der Waals surface area contributed by atoms with Crippen molar-refractivity contribution in [2.24, 2.45) is 0 Å². The molecule has 0 unspecified atom stereocenters. The Morgan fingerprint density at radius 3 is 0.822 bits per heavy atom. The molecule has 0 spiro atoms. The number of hydrogen-bond donors (Lipinski definition) is 0. The van der Waals surface area contributed by atoms with Gasteiger partial charge in [-0.15, -0.1) is 0 Å². The average molecular weight is 1080 g/mol. The lowest BCUT2D eigenvalue weighted by atomic mass is 9.12. The molecule has 0 atom stereocenters.